The van der Waals surface area contributed by atoms with Crippen LogP contribution >= 0.6 is 11.8 Å². The second kappa shape index (κ2) is 17.1. The number of carbonyl (C=O) groups is 1. The van der Waals surface area contributed by atoms with Crippen LogP contribution in [-0.4, -0.2) is 18.5 Å². The summed E-state index contributed by atoms with van der Waals surface area (Å²) in [6.07, 6.45) is 19.8. The van der Waals surface area contributed by atoms with Crippen molar-refractivity contribution in [3.05, 3.63) is 53.6 Å². The Labute approximate surface area is 253 Å². The molecule has 41 heavy (non-hydrogen) atoms. The van der Waals surface area contributed by atoms with Crippen molar-refractivity contribution < 1.29 is 14.3 Å². The Morgan fingerprint density at radius 2 is 1.56 bits per heavy atom. The first-order valence-electron chi connectivity index (χ1n) is 16.6. The van der Waals surface area contributed by atoms with E-state index in [2.05, 4.69) is 49.5 Å². The first-order valence-corrected chi connectivity index (χ1v) is 17.6. The Kier molecular flexibility index (Phi) is 13.3. The first-order chi connectivity index (χ1) is 20.1. The summed E-state index contributed by atoms with van der Waals surface area (Å²) in [7, 11) is 0. The van der Waals surface area contributed by atoms with Gasteiger partial charge in [-0.05, 0) is 98.9 Å². The summed E-state index contributed by atoms with van der Waals surface area (Å²) in [5, 5.41) is 2.95. The van der Waals surface area contributed by atoms with Gasteiger partial charge in [0, 0.05) is 10.5 Å². The molecule has 5 heteroatoms. The van der Waals surface area contributed by atoms with E-state index in [1.165, 1.54) is 81.1 Å². The van der Waals surface area contributed by atoms with E-state index in [0.717, 1.165) is 67.2 Å². The van der Waals surface area contributed by atoms with Crippen molar-refractivity contribution in [2.45, 2.75) is 139 Å². The molecule has 2 aromatic rings. The number of unbranched alkanes of at least 4 members (excludes halogenated alkanes) is 7. The number of carbonyl (C=O) groups excluding carboxylic acids is 1. The molecule has 1 saturated carbocycles. The maximum absolute atomic E-state index is 12.6. The van der Waals surface area contributed by atoms with Crippen LogP contribution in [0, 0.1) is 0 Å². The number of cyclic esters (lactones) is 1. The van der Waals surface area contributed by atoms with E-state index >= 15 is 0 Å². The van der Waals surface area contributed by atoms with E-state index in [1.54, 1.807) is 0 Å². The molecule has 2 aliphatic rings. The number of rotatable bonds is 18. The molecule has 1 N–H and O–H groups in total. The molecular formula is C36H53NO3S. The van der Waals surface area contributed by atoms with Gasteiger partial charge in [-0.25, -0.2) is 4.79 Å². The van der Waals surface area contributed by atoms with Crippen molar-refractivity contribution in [1.82, 2.24) is 0 Å². The van der Waals surface area contributed by atoms with Gasteiger partial charge in [0.25, 0.3) is 0 Å². The lowest BCUT2D eigenvalue weighted by Crippen LogP contribution is -2.39. The van der Waals surface area contributed by atoms with E-state index in [1.807, 2.05) is 23.9 Å². The van der Waals surface area contributed by atoms with Crippen molar-refractivity contribution in [3.8, 4) is 5.75 Å². The first kappa shape index (κ1) is 31.8. The van der Waals surface area contributed by atoms with E-state index in [0.29, 0.717) is 6.61 Å². The van der Waals surface area contributed by atoms with Crippen molar-refractivity contribution in [2.75, 3.05) is 17.7 Å². The normalized spacial score (nSPS) is 16.6. The van der Waals surface area contributed by atoms with Gasteiger partial charge in [-0.3, -0.25) is 5.32 Å². The van der Waals surface area contributed by atoms with Gasteiger partial charge in [0.05, 0.1) is 12.3 Å². The van der Waals surface area contributed by atoms with Crippen molar-refractivity contribution in [2.24, 2.45) is 0 Å². The standard InChI is InChI=1S/C36H53NO3S/c1-3-5-7-12-24-36(25-13-8-6-4-2)33-28-31(20-23-34(33)37-35(38)40-36)39-26-14-15-27-41-32-21-18-30(19-22-32)29-16-10-9-11-17-29/h18-23,28-29H,3-17,24-27H2,1-2H3,(H,37,38). The SMILES string of the molecule is CCCCCCC1(CCCCCC)OC(=O)Nc2ccc(OCCCCSc3ccc(C4CCCCC4)cc3)cc21. The molecule has 0 saturated heterocycles. The summed E-state index contributed by atoms with van der Waals surface area (Å²) in [6.45, 7) is 5.17. The summed E-state index contributed by atoms with van der Waals surface area (Å²) in [6, 6.07) is 15.5. The lowest BCUT2D eigenvalue weighted by atomic mass is 9.81. The summed E-state index contributed by atoms with van der Waals surface area (Å²) >= 11 is 1.95. The van der Waals surface area contributed by atoms with E-state index in [9.17, 15) is 4.79 Å². The van der Waals surface area contributed by atoms with Gasteiger partial charge in [0.2, 0.25) is 0 Å². The van der Waals surface area contributed by atoms with E-state index in [4.69, 9.17) is 9.47 Å². The van der Waals surface area contributed by atoms with Gasteiger partial charge in [-0.1, -0.05) is 83.8 Å². The van der Waals surface area contributed by atoms with Crippen LogP contribution in [0.4, 0.5) is 10.5 Å². The monoisotopic (exact) mass is 579 g/mol. The third-order valence-corrected chi connectivity index (χ3v) is 10.0. The maximum atomic E-state index is 12.6. The van der Waals surface area contributed by atoms with Crippen LogP contribution in [0.1, 0.15) is 140 Å². The molecule has 4 nitrogen and oxygen atoms in total. The largest absolute Gasteiger partial charge is 0.494 e. The van der Waals surface area contributed by atoms with Crippen LogP contribution in [0.5, 0.6) is 5.75 Å². The lowest BCUT2D eigenvalue weighted by molar-refractivity contribution is -0.00703. The molecule has 226 valence electrons. The van der Waals surface area contributed by atoms with Gasteiger partial charge < -0.3 is 9.47 Å². The van der Waals surface area contributed by atoms with Gasteiger partial charge in [-0.15, -0.1) is 11.8 Å². The minimum atomic E-state index is -0.554. The van der Waals surface area contributed by atoms with Crippen LogP contribution in [0.25, 0.3) is 0 Å². The molecule has 1 amide bonds. The second-order valence-electron chi connectivity index (χ2n) is 12.1. The predicted molar refractivity (Wildman–Crippen MR) is 173 cm³/mol. The number of nitrogens with one attached hydrogen (secondary N) is 1. The summed E-state index contributed by atoms with van der Waals surface area (Å²) in [4.78, 5) is 14.0. The Balaban J connectivity index is 1.28. The fourth-order valence-electron chi connectivity index (χ4n) is 6.49. The van der Waals surface area contributed by atoms with Crippen LogP contribution in [0.2, 0.25) is 0 Å². The quantitative estimate of drug-likeness (QED) is 0.141. The van der Waals surface area contributed by atoms with Gasteiger partial charge in [0.1, 0.15) is 11.4 Å². The van der Waals surface area contributed by atoms with Crippen molar-refractivity contribution in [1.29, 1.82) is 0 Å². The number of benzene rings is 2. The molecule has 0 atom stereocenters. The average Bonchev–Trinajstić information content (AvgIpc) is 3.00. The maximum Gasteiger partial charge on any atom is 0.412 e. The Hall–Kier alpha value is -2.14. The smallest absolute Gasteiger partial charge is 0.412 e. The molecule has 0 unspecified atom stereocenters. The van der Waals surface area contributed by atoms with Crippen molar-refractivity contribution >= 4 is 23.5 Å². The van der Waals surface area contributed by atoms with Crippen LogP contribution < -0.4 is 10.1 Å². The number of hydrogen-bond donors (Lipinski definition) is 1. The molecule has 1 aliphatic carbocycles. The molecule has 0 radical (unpaired) electrons. The Bertz CT molecular complexity index is 1040. The number of thioether (sulfide) groups is 1. The number of anilines is 1. The molecule has 1 fully saturated rings. The minimum Gasteiger partial charge on any atom is -0.494 e. The molecule has 0 spiro atoms. The Morgan fingerprint density at radius 1 is 0.854 bits per heavy atom. The molecular weight excluding hydrogens is 526 g/mol. The lowest BCUT2D eigenvalue weighted by Gasteiger charge is -2.39. The van der Waals surface area contributed by atoms with Gasteiger partial charge in [0.15, 0.2) is 0 Å². The van der Waals surface area contributed by atoms with Crippen molar-refractivity contribution in [3.63, 3.8) is 0 Å². The molecule has 0 bridgehead atoms. The summed E-state index contributed by atoms with van der Waals surface area (Å²) in [5.41, 5.74) is 2.95. The zero-order chi connectivity index (χ0) is 28.8. The molecule has 4 rings (SSSR count). The topological polar surface area (TPSA) is 47.6 Å². The van der Waals surface area contributed by atoms with Crippen LogP contribution in [0.3, 0.4) is 0 Å². The predicted octanol–water partition coefficient (Wildman–Crippen LogP) is 11.4. The van der Waals surface area contributed by atoms with Crippen LogP contribution in [-0.2, 0) is 10.3 Å². The summed E-state index contributed by atoms with van der Waals surface area (Å²) in [5.74, 6) is 2.76. The van der Waals surface area contributed by atoms with Gasteiger partial charge >= 0.3 is 6.09 Å². The molecule has 2 aromatic carbocycles. The van der Waals surface area contributed by atoms with Crippen LogP contribution in [0.15, 0.2) is 47.4 Å². The highest BCUT2D eigenvalue weighted by Crippen LogP contribution is 2.45. The fourth-order valence-corrected chi connectivity index (χ4v) is 7.41. The molecule has 1 heterocycles. The third-order valence-electron chi connectivity index (χ3n) is 8.91. The highest BCUT2D eigenvalue weighted by atomic mass is 32.2. The second-order valence-corrected chi connectivity index (χ2v) is 13.3. The zero-order valence-electron chi connectivity index (χ0n) is 25.7. The highest BCUT2D eigenvalue weighted by molar-refractivity contribution is 7.99. The molecule has 1 aliphatic heterocycles. The van der Waals surface area contributed by atoms with E-state index < -0.39 is 5.60 Å². The minimum absolute atomic E-state index is 0.321. The van der Waals surface area contributed by atoms with E-state index in [-0.39, 0.29) is 6.09 Å². The Morgan fingerprint density at radius 3 is 2.24 bits per heavy atom. The average molecular weight is 580 g/mol. The summed E-state index contributed by atoms with van der Waals surface area (Å²) < 4.78 is 12.4. The third kappa shape index (κ3) is 9.70. The number of hydrogen-bond acceptors (Lipinski definition) is 4. The number of amides is 1. The van der Waals surface area contributed by atoms with Gasteiger partial charge in [-0.2, -0.15) is 0 Å². The highest BCUT2D eigenvalue weighted by Gasteiger charge is 2.41. The number of fused-ring (bicyclic) bond motifs is 1. The zero-order valence-corrected chi connectivity index (χ0v) is 26.5. The fraction of sp³-hybridized carbons (Fsp3) is 0.639. The number of ether oxygens (including phenoxy) is 2. The molecule has 0 aromatic heterocycles.